The molecular weight excluding hydrogens is 207 g/mol. The zero-order valence-corrected chi connectivity index (χ0v) is 12.1. The Kier molecular flexibility index (Phi) is 6.18. The summed E-state index contributed by atoms with van der Waals surface area (Å²) in [5, 5.41) is 0. The summed E-state index contributed by atoms with van der Waals surface area (Å²) in [5.74, 6) is 0.620. The first kappa shape index (κ1) is 14.7. The molecule has 0 rings (SSSR count). The summed E-state index contributed by atoms with van der Waals surface area (Å²) in [6.07, 6.45) is 3.34. The average molecular weight is 232 g/mol. The highest BCUT2D eigenvalue weighted by molar-refractivity contribution is 6.48. The fourth-order valence-electron chi connectivity index (χ4n) is 1.12. The van der Waals surface area contributed by atoms with E-state index >= 15 is 0 Å². The Bertz CT molecular complexity index is 210. The first-order valence-electron chi connectivity index (χ1n) is 5.78. The van der Waals surface area contributed by atoms with Gasteiger partial charge in [-0.15, -0.1) is 0 Å². The van der Waals surface area contributed by atoms with E-state index in [1.807, 2.05) is 13.1 Å². The summed E-state index contributed by atoms with van der Waals surface area (Å²) >= 11 is 0. The van der Waals surface area contributed by atoms with Gasteiger partial charge in [-0.1, -0.05) is 27.7 Å². The van der Waals surface area contributed by atoms with Crippen molar-refractivity contribution in [1.29, 1.82) is 0 Å². The second-order valence-electron chi connectivity index (χ2n) is 5.36. The van der Waals surface area contributed by atoms with Gasteiger partial charge >= 0.3 is 0 Å². The summed E-state index contributed by atoms with van der Waals surface area (Å²) in [6.45, 7) is 12.8. The number of hydrogen-bond acceptors (Lipinski definition) is 1. The van der Waals surface area contributed by atoms with Crippen molar-refractivity contribution in [3.8, 4) is 0 Å². The van der Waals surface area contributed by atoms with Crippen molar-refractivity contribution in [2.45, 2.75) is 53.6 Å². The van der Waals surface area contributed by atoms with Crippen molar-refractivity contribution < 1.29 is 8.82 Å². The van der Waals surface area contributed by atoms with Crippen molar-refractivity contribution in [2.75, 3.05) is 0 Å². The van der Waals surface area contributed by atoms with Crippen LogP contribution in [0.15, 0.2) is 12.1 Å². The topological polar surface area (TPSA) is 9.23 Å². The van der Waals surface area contributed by atoms with Crippen LogP contribution in [0.1, 0.15) is 40.5 Å². The van der Waals surface area contributed by atoms with E-state index in [0.717, 1.165) is 12.8 Å². The average Bonchev–Trinajstić information content (AvgIpc) is 2.01. The molecule has 0 aliphatic rings. The zero-order valence-electron chi connectivity index (χ0n) is 10.9. The largest absolute Gasteiger partial charge is 0.528 e. The fraction of sp³-hybridized carbons (Fsp3) is 0.833. The monoisotopic (exact) mass is 232 g/mol. The van der Waals surface area contributed by atoms with E-state index in [4.69, 9.17) is 4.43 Å². The molecule has 0 spiro atoms. The van der Waals surface area contributed by atoms with Gasteiger partial charge in [0.1, 0.15) is 0 Å². The Morgan fingerprint density at radius 3 is 2.33 bits per heavy atom. The molecule has 15 heavy (non-hydrogen) atoms. The van der Waals surface area contributed by atoms with Crippen molar-refractivity contribution in [1.82, 2.24) is 0 Å². The fourth-order valence-corrected chi connectivity index (χ4v) is 1.67. The Morgan fingerprint density at radius 2 is 1.93 bits per heavy atom. The highest BCUT2D eigenvalue weighted by Gasteiger charge is 2.21. The first-order valence-corrected chi connectivity index (χ1v) is 8.56. The van der Waals surface area contributed by atoms with E-state index in [1.165, 1.54) is 0 Å². The Hall–Kier alpha value is -0.313. The molecule has 0 saturated carbocycles. The lowest BCUT2D eigenvalue weighted by Crippen LogP contribution is -2.18. The standard InChI is InChI=1S/C12H25FOSi/c1-10(2)12(3,4)9-7-8-11(13)14-15(5)6/h8,10,15H,7,9H2,1-6H3. The van der Waals surface area contributed by atoms with Crippen LogP contribution in [0.4, 0.5) is 4.39 Å². The molecule has 0 radical (unpaired) electrons. The highest BCUT2D eigenvalue weighted by atomic mass is 28.3. The summed E-state index contributed by atoms with van der Waals surface area (Å²) in [6, 6.07) is -0.378. The lowest BCUT2D eigenvalue weighted by atomic mass is 9.77. The molecule has 0 aromatic heterocycles. The maximum absolute atomic E-state index is 13.1. The van der Waals surface area contributed by atoms with Crippen LogP contribution in [0, 0.1) is 11.3 Å². The molecule has 0 N–H and O–H groups in total. The Labute approximate surface area is 95.4 Å². The predicted octanol–water partition coefficient (Wildman–Crippen LogP) is 4.26. The van der Waals surface area contributed by atoms with Gasteiger partial charge in [-0.3, -0.25) is 0 Å². The summed E-state index contributed by atoms with van der Waals surface area (Å²) in [5.41, 5.74) is 0.270. The maximum atomic E-state index is 13.1. The van der Waals surface area contributed by atoms with Crippen LogP contribution in [0.25, 0.3) is 0 Å². The van der Waals surface area contributed by atoms with E-state index < -0.39 is 9.04 Å². The van der Waals surface area contributed by atoms with Gasteiger partial charge in [-0.2, -0.15) is 4.39 Å². The molecular formula is C12H25FOSi. The molecule has 1 nitrogen and oxygen atoms in total. The lowest BCUT2D eigenvalue weighted by Gasteiger charge is -2.28. The lowest BCUT2D eigenvalue weighted by molar-refractivity contribution is 0.228. The molecule has 0 saturated heterocycles. The van der Waals surface area contributed by atoms with Crippen molar-refractivity contribution in [3.63, 3.8) is 0 Å². The van der Waals surface area contributed by atoms with E-state index in [2.05, 4.69) is 27.7 Å². The molecule has 0 aliphatic carbocycles. The second-order valence-corrected chi connectivity index (χ2v) is 7.69. The van der Waals surface area contributed by atoms with Crippen molar-refractivity contribution in [3.05, 3.63) is 12.1 Å². The van der Waals surface area contributed by atoms with Crippen LogP contribution < -0.4 is 0 Å². The minimum atomic E-state index is -1.28. The van der Waals surface area contributed by atoms with Gasteiger partial charge in [0.2, 0.25) is 9.04 Å². The Morgan fingerprint density at radius 1 is 1.40 bits per heavy atom. The van der Waals surface area contributed by atoms with Gasteiger partial charge < -0.3 is 4.43 Å². The molecule has 0 bridgehead atoms. The quantitative estimate of drug-likeness (QED) is 0.491. The Balaban J connectivity index is 3.97. The van der Waals surface area contributed by atoms with Crippen LogP contribution in [0.5, 0.6) is 0 Å². The summed E-state index contributed by atoms with van der Waals surface area (Å²) in [4.78, 5) is 0. The van der Waals surface area contributed by atoms with Crippen LogP contribution in [0.3, 0.4) is 0 Å². The van der Waals surface area contributed by atoms with E-state index in [9.17, 15) is 4.39 Å². The minimum Gasteiger partial charge on any atom is -0.528 e. The van der Waals surface area contributed by atoms with Crippen molar-refractivity contribution >= 4 is 9.04 Å². The third-order valence-electron chi connectivity index (χ3n) is 3.00. The third-order valence-corrected chi connectivity index (χ3v) is 3.70. The molecule has 0 fully saturated rings. The summed E-state index contributed by atoms with van der Waals surface area (Å²) in [7, 11) is -1.28. The van der Waals surface area contributed by atoms with E-state index in [0.29, 0.717) is 5.92 Å². The predicted molar refractivity (Wildman–Crippen MR) is 67.0 cm³/mol. The molecule has 90 valence electrons. The first-order chi connectivity index (χ1) is 6.75. The summed E-state index contributed by atoms with van der Waals surface area (Å²) < 4.78 is 18.2. The van der Waals surface area contributed by atoms with Gasteiger partial charge in [-0.05, 0) is 43.3 Å². The van der Waals surface area contributed by atoms with Crippen LogP contribution in [0.2, 0.25) is 13.1 Å². The third kappa shape index (κ3) is 6.71. The van der Waals surface area contributed by atoms with Crippen LogP contribution in [-0.4, -0.2) is 9.04 Å². The second kappa shape index (κ2) is 6.31. The molecule has 0 amide bonds. The minimum absolute atomic E-state index is 0.270. The van der Waals surface area contributed by atoms with Gasteiger partial charge in [0.05, 0.1) is 0 Å². The van der Waals surface area contributed by atoms with Gasteiger partial charge in [0, 0.05) is 0 Å². The molecule has 0 aliphatic heterocycles. The smallest absolute Gasteiger partial charge is 0.255 e. The number of allylic oxidation sites excluding steroid dienone is 1. The molecule has 0 aromatic carbocycles. The zero-order chi connectivity index (χ0) is 12.1. The number of hydrogen-bond donors (Lipinski definition) is 0. The molecule has 0 atom stereocenters. The van der Waals surface area contributed by atoms with Crippen LogP contribution >= 0.6 is 0 Å². The molecule has 3 heteroatoms. The van der Waals surface area contributed by atoms with E-state index in [-0.39, 0.29) is 11.4 Å². The van der Waals surface area contributed by atoms with Crippen molar-refractivity contribution in [2.24, 2.45) is 11.3 Å². The SMILES string of the molecule is CC(C)C(C)(C)CCC=C(F)O[SiH](C)C. The van der Waals surface area contributed by atoms with Crippen LogP contribution in [-0.2, 0) is 4.43 Å². The van der Waals surface area contributed by atoms with Gasteiger partial charge in [0.15, 0.2) is 0 Å². The highest BCUT2D eigenvalue weighted by Crippen LogP contribution is 2.31. The molecule has 0 unspecified atom stereocenters. The van der Waals surface area contributed by atoms with Gasteiger partial charge in [-0.25, -0.2) is 0 Å². The van der Waals surface area contributed by atoms with Gasteiger partial charge in [0.25, 0.3) is 6.01 Å². The maximum Gasteiger partial charge on any atom is 0.255 e. The normalized spacial score (nSPS) is 13.8. The molecule has 0 aromatic rings. The van der Waals surface area contributed by atoms with E-state index in [1.54, 1.807) is 6.08 Å². The number of rotatable bonds is 6. The molecule has 0 heterocycles. The number of halogens is 1.